The van der Waals surface area contributed by atoms with Crippen molar-refractivity contribution in [1.82, 2.24) is 0 Å². The number of rotatable bonds is 6. The van der Waals surface area contributed by atoms with Crippen molar-refractivity contribution in [3.05, 3.63) is 0 Å². The summed E-state index contributed by atoms with van der Waals surface area (Å²) in [7, 11) is -5.31. The summed E-state index contributed by atoms with van der Waals surface area (Å²) >= 11 is 0. The lowest BCUT2D eigenvalue weighted by atomic mass is 10.5. The Morgan fingerprint density at radius 1 is 0.684 bits per heavy atom. The van der Waals surface area contributed by atoms with Crippen LogP contribution in [0.3, 0.4) is 0 Å². The van der Waals surface area contributed by atoms with E-state index < -0.39 is 14.7 Å². The van der Waals surface area contributed by atoms with Gasteiger partial charge in [0.1, 0.15) is 0 Å². The lowest BCUT2D eigenvalue weighted by molar-refractivity contribution is 0.221. The molecule has 0 heterocycles. The van der Waals surface area contributed by atoms with Gasteiger partial charge in [-0.25, -0.2) is 0 Å². The molecule has 6 nitrogen and oxygen atoms in total. The lowest BCUT2D eigenvalue weighted by Gasteiger charge is -2.01. The quantitative estimate of drug-likeness (QED) is 0.556. The van der Waals surface area contributed by atoms with Crippen LogP contribution in [0.1, 0.15) is 34.1 Å². The van der Waals surface area contributed by atoms with E-state index in [1.54, 1.807) is 27.7 Å². The van der Waals surface area contributed by atoms with Crippen molar-refractivity contribution in [2.75, 3.05) is 37.9 Å². The molecule has 0 aliphatic heterocycles. The summed E-state index contributed by atoms with van der Waals surface area (Å²) in [5.74, 6) is 0. The van der Waals surface area contributed by atoms with Crippen molar-refractivity contribution in [1.29, 1.82) is 0 Å². The minimum Gasteiger partial charge on any atom is -0.396 e. The standard InChI is InChI=1S/2C4H11O2P.C3H8O2/c2*1-3-7(5,6)4-2;4-2-1-3-5/h2*3-4H2,1-2H3,(H,5,6);4-5H,1-3H2. The van der Waals surface area contributed by atoms with Crippen LogP contribution in [-0.4, -0.2) is 57.9 Å². The maximum absolute atomic E-state index is 10.5. The minimum atomic E-state index is -2.65. The average Bonchev–Trinajstić information content (AvgIpc) is 2.41. The van der Waals surface area contributed by atoms with Gasteiger partial charge in [0.15, 0.2) is 14.7 Å². The van der Waals surface area contributed by atoms with Crippen molar-refractivity contribution in [2.24, 2.45) is 0 Å². The van der Waals surface area contributed by atoms with Gasteiger partial charge in [0, 0.05) is 37.9 Å². The molecule has 0 radical (unpaired) electrons. The molecule has 0 spiro atoms. The molecular weight excluding hydrogens is 290 g/mol. The topological polar surface area (TPSA) is 115 Å². The minimum absolute atomic E-state index is 0.0938. The van der Waals surface area contributed by atoms with E-state index in [-0.39, 0.29) is 13.2 Å². The predicted octanol–water partition coefficient (Wildman–Crippen LogP) is 1.95. The summed E-state index contributed by atoms with van der Waals surface area (Å²) in [6.07, 6.45) is 2.12. The molecule has 0 aliphatic carbocycles. The molecule has 4 N–H and O–H groups in total. The van der Waals surface area contributed by atoms with Crippen LogP contribution in [0.15, 0.2) is 0 Å². The van der Waals surface area contributed by atoms with Gasteiger partial charge in [-0.2, -0.15) is 0 Å². The predicted molar refractivity (Wildman–Crippen MR) is 80.6 cm³/mol. The zero-order chi connectivity index (χ0) is 15.9. The highest BCUT2D eigenvalue weighted by Gasteiger charge is 2.09. The Balaban J connectivity index is -0.000000206. The molecule has 0 aromatic carbocycles. The highest BCUT2D eigenvalue weighted by atomic mass is 31.2. The molecule has 0 fully saturated rings. The fourth-order valence-corrected chi connectivity index (χ4v) is 1.41. The SMILES string of the molecule is CCP(=O)(O)CC.CCP(=O)(O)CC.OCCCO. The van der Waals surface area contributed by atoms with Crippen LogP contribution < -0.4 is 0 Å². The van der Waals surface area contributed by atoms with Gasteiger partial charge in [-0.05, 0) is 6.42 Å². The normalized spacial score (nSPS) is 10.9. The van der Waals surface area contributed by atoms with Crippen molar-refractivity contribution in [2.45, 2.75) is 34.1 Å². The molecule has 0 aromatic rings. The van der Waals surface area contributed by atoms with Crippen molar-refractivity contribution < 1.29 is 29.1 Å². The van der Waals surface area contributed by atoms with Gasteiger partial charge in [-0.1, -0.05) is 27.7 Å². The Kier molecular flexibility index (Phi) is 18.8. The third kappa shape index (κ3) is 23.8. The molecule has 0 saturated heterocycles. The first-order valence-corrected chi connectivity index (χ1v) is 10.6. The monoisotopic (exact) mass is 320 g/mol. The average molecular weight is 320 g/mol. The first kappa shape index (κ1) is 24.3. The third-order valence-corrected chi connectivity index (χ3v) is 6.25. The summed E-state index contributed by atoms with van der Waals surface area (Å²) < 4.78 is 21.0. The van der Waals surface area contributed by atoms with E-state index in [2.05, 4.69) is 0 Å². The Morgan fingerprint density at radius 3 is 0.895 bits per heavy atom. The molecule has 0 atom stereocenters. The van der Waals surface area contributed by atoms with Gasteiger partial charge in [0.05, 0.1) is 0 Å². The van der Waals surface area contributed by atoms with Crippen molar-refractivity contribution in [3.63, 3.8) is 0 Å². The van der Waals surface area contributed by atoms with Crippen molar-refractivity contribution in [3.8, 4) is 0 Å². The van der Waals surface area contributed by atoms with E-state index in [0.717, 1.165) is 0 Å². The molecule has 0 amide bonds. The van der Waals surface area contributed by atoms with E-state index in [1.807, 2.05) is 0 Å². The maximum atomic E-state index is 10.5. The Labute approximate surface area is 116 Å². The zero-order valence-electron chi connectivity index (χ0n) is 12.4. The molecule has 19 heavy (non-hydrogen) atoms. The van der Waals surface area contributed by atoms with Gasteiger partial charge in [-0.3, -0.25) is 9.13 Å². The summed E-state index contributed by atoms with van der Waals surface area (Å²) in [4.78, 5) is 17.4. The molecule has 0 saturated carbocycles. The Bertz CT molecular complexity index is 228. The van der Waals surface area contributed by atoms with E-state index in [9.17, 15) is 9.13 Å². The molecule has 0 unspecified atom stereocenters. The van der Waals surface area contributed by atoms with Crippen LogP contribution in [0.25, 0.3) is 0 Å². The van der Waals surface area contributed by atoms with Crippen LogP contribution >= 0.6 is 14.7 Å². The molecule has 0 rings (SSSR count). The highest BCUT2D eigenvalue weighted by Crippen LogP contribution is 2.38. The summed E-state index contributed by atoms with van der Waals surface area (Å²) in [5, 5.41) is 15.8. The number of hydrogen-bond donors (Lipinski definition) is 4. The van der Waals surface area contributed by atoms with E-state index in [1.165, 1.54) is 0 Å². The highest BCUT2D eigenvalue weighted by molar-refractivity contribution is 7.58. The third-order valence-electron chi connectivity index (χ3n) is 2.29. The second kappa shape index (κ2) is 14.7. The molecule has 120 valence electrons. The molecule has 8 heteroatoms. The van der Waals surface area contributed by atoms with Crippen LogP contribution in [0.2, 0.25) is 0 Å². The first-order valence-electron chi connectivity index (χ1n) is 6.49. The van der Waals surface area contributed by atoms with Crippen LogP contribution in [0.4, 0.5) is 0 Å². The number of aliphatic hydroxyl groups is 2. The smallest absolute Gasteiger partial charge is 0.200 e. The number of aliphatic hydroxyl groups excluding tert-OH is 2. The van der Waals surface area contributed by atoms with Gasteiger partial charge in [0.2, 0.25) is 0 Å². The molecule has 0 aliphatic rings. The Hall–Kier alpha value is 0.300. The first-order chi connectivity index (χ1) is 8.66. The van der Waals surface area contributed by atoms with Gasteiger partial charge in [0.25, 0.3) is 0 Å². The Morgan fingerprint density at radius 2 is 0.895 bits per heavy atom. The van der Waals surface area contributed by atoms with E-state index in [0.29, 0.717) is 31.1 Å². The molecule has 0 bridgehead atoms. The fourth-order valence-electron chi connectivity index (χ4n) is 0.518. The zero-order valence-corrected chi connectivity index (χ0v) is 14.2. The molecular formula is C11H30O6P2. The van der Waals surface area contributed by atoms with E-state index in [4.69, 9.17) is 20.0 Å². The van der Waals surface area contributed by atoms with Crippen LogP contribution in [-0.2, 0) is 9.13 Å². The molecule has 0 aromatic heterocycles. The summed E-state index contributed by atoms with van der Waals surface area (Å²) in [6, 6.07) is 0. The number of hydrogen-bond acceptors (Lipinski definition) is 4. The van der Waals surface area contributed by atoms with E-state index >= 15 is 0 Å². The second-order valence-corrected chi connectivity index (χ2v) is 9.67. The van der Waals surface area contributed by atoms with Gasteiger partial charge < -0.3 is 20.0 Å². The van der Waals surface area contributed by atoms with Crippen LogP contribution in [0, 0.1) is 0 Å². The lowest BCUT2D eigenvalue weighted by Crippen LogP contribution is -1.85. The van der Waals surface area contributed by atoms with Gasteiger partial charge in [-0.15, -0.1) is 0 Å². The van der Waals surface area contributed by atoms with Gasteiger partial charge >= 0.3 is 0 Å². The van der Waals surface area contributed by atoms with Crippen molar-refractivity contribution >= 4 is 14.7 Å². The fraction of sp³-hybridized carbons (Fsp3) is 1.00. The summed E-state index contributed by atoms with van der Waals surface area (Å²) in [6.45, 7) is 7.09. The second-order valence-electron chi connectivity index (χ2n) is 3.76. The largest absolute Gasteiger partial charge is 0.396 e. The summed E-state index contributed by atoms with van der Waals surface area (Å²) in [5.41, 5.74) is 0. The maximum Gasteiger partial charge on any atom is 0.200 e. The van der Waals surface area contributed by atoms with Crippen LogP contribution in [0.5, 0.6) is 0 Å².